The first kappa shape index (κ1) is 17.9. The molecule has 1 aliphatic heterocycles. The van der Waals surface area contributed by atoms with E-state index in [9.17, 15) is 0 Å². The van der Waals surface area contributed by atoms with Gasteiger partial charge in [-0.2, -0.15) is 0 Å². The van der Waals surface area contributed by atoms with Crippen LogP contribution in [-0.2, 0) is 6.42 Å². The van der Waals surface area contributed by atoms with Gasteiger partial charge in [-0.25, -0.2) is 0 Å². The van der Waals surface area contributed by atoms with E-state index in [1.54, 1.807) is 7.11 Å². The molecule has 0 radical (unpaired) electrons. The number of rotatable bonds is 5. The molecule has 3 nitrogen and oxygen atoms in total. The zero-order chi connectivity index (χ0) is 17.8. The topological polar surface area (TPSA) is 15.7 Å². The molecule has 0 aliphatic carbocycles. The van der Waals surface area contributed by atoms with E-state index in [-0.39, 0.29) is 0 Å². The van der Waals surface area contributed by atoms with Crippen molar-refractivity contribution in [1.29, 1.82) is 0 Å². The Morgan fingerprint density at radius 1 is 1.12 bits per heavy atom. The molecule has 1 aliphatic rings. The Morgan fingerprint density at radius 3 is 2.52 bits per heavy atom. The van der Waals surface area contributed by atoms with Crippen molar-refractivity contribution in [2.75, 3.05) is 38.2 Å². The van der Waals surface area contributed by atoms with Crippen LogP contribution in [-0.4, -0.2) is 38.2 Å². The summed E-state index contributed by atoms with van der Waals surface area (Å²) in [7, 11) is 1.71. The second-order valence-electron chi connectivity index (χ2n) is 6.46. The number of methoxy groups -OCH3 is 1. The summed E-state index contributed by atoms with van der Waals surface area (Å²) in [5.41, 5.74) is 5.13. The van der Waals surface area contributed by atoms with Crippen molar-refractivity contribution in [2.24, 2.45) is 0 Å². The number of nitrogens with zero attached hydrogens (tertiary/aromatic N) is 2. The van der Waals surface area contributed by atoms with Crippen molar-refractivity contribution >= 4 is 21.6 Å². The monoisotopic (exact) mass is 400 g/mol. The molecule has 0 aromatic heterocycles. The molecule has 4 heteroatoms. The maximum Gasteiger partial charge on any atom is 0.135 e. The van der Waals surface area contributed by atoms with Crippen molar-refractivity contribution in [1.82, 2.24) is 4.90 Å². The van der Waals surface area contributed by atoms with E-state index in [1.165, 1.54) is 22.5 Å². The molecule has 1 heterocycles. The summed E-state index contributed by atoms with van der Waals surface area (Å²) in [6.45, 7) is 10.5. The number of allylic oxidation sites excluding steroid dienone is 1. The van der Waals surface area contributed by atoms with Gasteiger partial charge in [0, 0.05) is 50.1 Å². The van der Waals surface area contributed by atoms with Crippen LogP contribution in [0, 0.1) is 6.92 Å². The molecule has 0 unspecified atom stereocenters. The van der Waals surface area contributed by atoms with Crippen molar-refractivity contribution in [3.8, 4) is 5.75 Å². The van der Waals surface area contributed by atoms with Crippen molar-refractivity contribution < 1.29 is 4.74 Å². The average Bonchev–Trinajstić information content (AvgIpc) is 2.64. The highest BCUT2D eigenvalue weighted by atomic mass is 79.9. The first-order chi connectivity index (χ1) is 12.1. The van der Waals surface area contributed by atoms with E-state index in [1.807, 2.05) is 0 Å². The van der Waals surface area contributed by atoms with Crippen LogP contribution in [0.3, 0.4) is 0 Å². The molecule has 1 saturated heterocycles. The van der Waals surface area contributed by atoms with E-state index in [0.717, 1.165) is 42.8 Å². The molecule has 0 bridgehead atoms. The minimum atomic E-state index is 0.879. The molecule has 0 saturated carbocycles. The quantitative estimate of drug-likeness (QED) is 0.726. The summed E-state index contributed by atoms with van der Waals surface area (Å²) in [5, 5.41) is 0. The maximum absolute atomic E-state index is 5.42. The Morgan fingerprint density at radius 2 is 1.84 bits per heavy atom. The van der Waals surface area contributed by atoms with E-state index >= 15 is 0 Å². The lowest BCUT2D eigenvalue weighted by molar-refractivity contribution is 0.316. The van der Waals surface area contributed by atoms with E-state index in [0.29, 0.717) is 0 Å². The van der Waals surface area contributed by atoms with Gasteiger partial charge in [-0.1, -0.05) is 30.8 Å². The fraction of sp³-hybridized carbons (Fsp3) is 0.333. The lowest BCUT2D eigenvalue weighted by Gasteiger charge is -2.38. The first-order valence-corrected chi connectivity index (χ1v) is 9.43. The highest BCUT2D eigenvalue weighted by Gasteiger charge is 2.19. The van der Waals surface area contributed by atoms with Crippen LogP contribution >= 0.6 is 15.9 Å². The van der Waals surface area contributed by atoms with Gasteiger partial charge in [-0.15, -0.1) is 0 Å². The van der Waals surface area contributed by atoms with Gasteiger partial charge in [0.05, 0.1) is 11.6 Å². The molecule has 3 rings (SSSR count). The minimum Gasteiger partial charge on any atom is -0.495 e. The molecule has 2 aromatic carbocycles. The number of hydrogen-bond donors (Lipinski definition) is 0. The van der Waals surface area contributed by atoms with Gasteiger partial charge in [0.25, 0.3) is 0 Å². The third-order valence-corrected chi connectivity index (χ3v) is 5.54. The van der Waals surface area contributed by atoms with Gasteiger partial charge in [-0.3, -0.25) is 0 Å². The molecule has 0 atom stereocenters. The minimum absolute atomic E-state index is 0.879. The lowest BCUT2D eigenvalue weighted by Crippen LogP contribution is -2.46. The number of benzene rings is 2. The van der Waals surface area contributed by atoms with Crippen LogP contribution in [0.5, 0.6) is 5.75 Å². The number of anilines is 1. The smallest absolute Gasteiger partial charge is 0.135 e. The Kier molecular flexibility index (Phi) is 5.69. The molecule has 0 amide bonds. The summed E-state index contributed by atoms with van der Waals surface area (Å²) < 4.78 is 6.41. The summed E-state index contributed by atoms with van der Waals surface area (Å²) in [6, 6.07) is 14.9. The van der Waals surface area contributed by atoms with Gasteiger partial charge in [0.15, 0.2) is 0 Å². The van der Waals surface area contributed by atoms with Crippen LogP contribution < -0.4 is 9.64 Å². The zero-order valence-electron chi connectivity index (χ0n) is 15.0. The van der Waals surface area contributed by atoms with E-state index in [2.05, 4.69) is 81.7 Å². The summed E-state index contributed by atoms with van der Waals surface area (Å²) in [5.74, 6) is 0.879. The predicted molar refractivity (Wildman–Crippen MR) is 109 cm³/mol. The molecule has 25 heavy (non-hydrogen) atoms. The number of ether oxygens (including phenoxy) is 1. The summed E-state index contributed by atoms with van der Waals surface area (Å²) in [4.78, 5) is 4.82. The molecule has 0 N–H and O–H groups in total. The Labute approximate surface area is 159 Å². The van der Waals surface area contributed by atoms with Crippen LogP contribution in [0.4, 0.5) is 5.69 Å². The van der Waals surface area contributed by atoms with Gasteiger partial charge in [0.1, 0.15) is 5.75 Å². The maximum atomic E-state index is 5.42. The molecule has 1 fully saturated rings. The van der Waals surface area contributed by atoms with Gasteiger partial charge < -0.3 is 14.5 Å². The second kappa shape index (κ2) is 7.96. The third-order valence-electron chi connectivity index (χ3n) is 4.88. The van der Waals surface area contributed by atoms with Gasteiger partial charge in [0.2, 0.25) is 0 Å². The summed E-state index contributed by atoms with van der Waals surface area (Å²) >= 11 is 3.52. The van der Waals surface area contributed by atoms with Crippen LogP contribution in [0.15, 0.2) is 59.2 Å². The van der Waals surface area contributed by atoms with E-state index in [4.69, 9.17) is 4.74 Å². The predicted octanol–water partition coefficient (Wildman–Crippen LogP) is 4.64. The molecular formula is C21H25BrN2O. The molecular weight excluding hydrogens is 376 g/mol. The average molecular weight is 401 g/mol. The fourth-order valence-electron chi connectivity index (χ4n) is 3.27. The van der Waals surface area contributed by atoms with Gasteiger partial charge in [-0.05, 0) is 46.1 Å². The highest BCUT2D eigenvalue weighted by Crippen LogP contribution is 2.30. The zero-order valence-corrected chi connectivity index (χ0v) is 16.6. The van der Waals surface area contributed by atoms with Crippen LogP contribution in [0.25, 0.3) is 0 Å². The second-order valence-corrected chi connectivity index (χ2v) is 7.32. The first-order valence-electron chi connectivity index (χ1n) is 8.64. The number of hydrogen-bond acceptors (Lipinski definition) is 3. The van der Waals surface area contributed by atoms with Crippen LogP contribution in [0.1, 0.15) is 11.1 Å². The Balaban J connectivity index is 1.60. The standard InChI is InChI=1S/C21H25BrN2O/c1-16-6-4-5-7-18(16)14-17(2)23-10-12-24(13-11-23)19-8-9-20(22)21(15-19)25-3/h4-9,15H,2,10-14H2,1,3H3. The number of piperazine rings is 1. The van der Waals surface area contributed by atoms with Crippen molar-refractivity contribution in [3.05, 3.63) is 70.3 Å². The molecule has 132 valence electrons. The Hall–Kier alpha value is -1.94. The SMILES string of the molecule is C=C(Cc1ccccc1C)N1CCN(c2ccc(Br)c(OC)c2)CC1. The Bertz CT molecular complexity index is 751. The van der Waals surface area contributed by atoms with Crippen molar-refractivity contribution in [2.45, 2.75) is 13.3 Å². The third kappa shape index (κ3) is 4.18. The molecule has 0 spiro atoms. The van der Waals surface area contributed by atoms with Crippen molar-refractivity contribution in [3.63, 3.8) is 0 Å². The van der Waals surface area contributed by atoms with E-state index < -0.39 is 0 Å². The largest absolute Gasteiger partial charge is 0.495 e. The normalized spacial score (nSPS) is 14.5. The van der Waals surface area contributed by atoms with Crippen LogP contribution in [0.2, 0.25) is 0 Å². The summed E-state index contributed by atoms with van der Waals surface area (Å²) in [6.07, 6.45) is 0.929. The van der Waals surface area contributed by atoms with Gasteiger partial charge >= 0.3 is 0 Å². The number of aryl methyl sites for hydroxylation is 1. The fourth-order valence-corrected chi connectivity index (χ4v) is 3.67. The number of halogens is 1. The molecule has 2 aromatic rings. The highest BCUT2D eigenvalue weighted by molar-refractivity contribution is 9.10. The lowest BCUT2D eigenvalue weighted by atomic mass is 10.0.